The zero-order chi connectivity index (χ0) is 21.3. The summed E-state index contributed by atoms with van der Waals surface area (Å²) >= 11 is 0. The Morgan fingerprint density at radius 1 is 0.900 bits per heavy atom. The first-order chi connectivity index (χ1) is 14.4. The molecular weight excluding hydrogens is 372 g/mol. The van der Waals surface area contributed by atoms with Gasteiger partial charge < -0.3 is 9.84 Å². The van der Waals surface area contributed by atoms with Gasteiger partial charge in [0.05, 0.1) is 5.57 Å². The molecule has 3 heteroatoms. The SMILES string of the molecule is Cc1ccc(-c2cc(C)c(C3=C(O)CC(CC4CCOCC4)CC3=O)c(C)c2)cc1. The van der Waals surface area contributed by atoms with Crippen molar-refractivity contribution in [2.45, 2.75) is 52.9 Å². The Hall–Kier alpha value is -2.39. The average Bonchev–Trinajstić information content (AvgIpc) is 2.70. The maximum atomic E-state index is 13.1. The summed E-state index contributed by atoms with van der Waals surface area (Å²) in [6, 6.07) is 12.8. The van der Waals surface area contributed by atoms with Gasteiger partial charge in [0.1, 0.15) is 5.76 Å². The van der Waals surface area contributed by atoms with Crippen LogP contribution in [0.25, 0.3) is 16.7 Å². The molecule has 0 amide bonds. The smallest absolute Gasteiger partial charge is 0.167 e. The molecule has 0 spiro atoms. The summed E-state index contributed by atoms with van der Waals surface area (Å²) in [7, 11) is 0. The molecule has 2 aliphatic rings. The second kappa shape index (κ2) is 8.77. The Labute approximate surface area is 179 Å². The second-order valence-corrected chi connectivity index (χ2v) is 9.16. The summed E-state index contributed by atoms with van der Waals surface area (Å²) in [6.07, 6.45) is 4.30. The highest BCUT2D eigenvalue weighted by molar-refractivity contribution is 6.22. The maximum Gasteiger partial charge on any atom is 0.167 e. The van der Waals surface area contributed by atoms with Crippen LogP contribution in [0.5, 0.6) is 0 Å². The first kappa shape index (κ1) is 20.9. The Kier molecular flexibility index (Phi) is 6.10. The number of carbonyl (C=O) groups excluding carboxylic acids is 1. The molecule has 2 aromatic carbocycles. The molecule has 0 bridgehead atoms. The number of aliphatic hydroxyl groups excluding tert-OH is 1. The standard InChI is InChI=1S/C27H32O3/c1-17-4-6-22(7-5-17)23-12-18(2)26(19(3)13-23)27-24(28)15-21(16-25(27)29)14-20-8-10-30-11-9-20/h4-7,12-13,20-21,28H,8-11,14-16H2,1-3H3. The van der Waals surface area contributed by atoms with Gasteiger partial charge in [-0.15, -0.1) is 0 Å². The monoisotopic (exact) mass is 404 g/mol. The van der Waals surface area contributed by atoms with Gasteiger partial charge in [-0.3, -0.25) is 4.79 Å². The van der Waals surface area contributed by atoms with E-state index in [2.05, 4.69) is 43.3 Å². The maximum absolute atomic E-state index is 13.1. The molecule has 1 aliphatic heterocycles. The molecule has 1 fully saturated rings. The van der Waals surface area contributed by atoms with E-state index >= 15 is 0 Å². The number of allylic oxidation sites excluding steroid dienone is 2. The van der Waals surface area contributed by atoms with Gasteiger partial charge in [-0.2, -0.15) is 0 Å². The third kappa shape index (κ3) is 4.37. The minimum Gasteiger partial charge on any atom is -0.512 e. The van der Waals surface area contributed by atoms with Crippen LogP contribution >= 0.6 is 0 Å². The molecule has 1 heterocycles. The van der Waals surface area contributed by atoms with Crippen molar-refractivity contribution < 1.29 is 14.6 Å². The highest BCUT2D eigenvalue weighted by Gasteiger charge is 2.32. The van der Waals surface area contributed by atoms with Crippen LogP contribution in [-0.2, 0) is 9.53 Å². The van der Waals surface area contributed by atoms with Gasteiger partial charge in [-0.25, -0.2) is 0 Å². The number of carbonyl (C=O) groups is 1. The van der Waals surface area contributed by atoms with Gasteiger partial charge in [0.25, 0.3) is 0 Å². The van der Waals surface area contributed by atoms with Crippen molar-refractivity contribution in [1.82, 2.24) is 0 Å². The van der Waals surface area contributed by atoms with Crippen LogP contribution in [0, 0.1) is 32.6 Å². The van der Waals surface area contributed by atoms with Gasteiger partial charge in [0.15, 0.2) is 5.78 Å². The van der Waals surface area contributed by atoms with Gasteiger partial charge in [0.2, 0.25) is 0 Å². The largest absolute Gasteiger partial charge is 0.512 e. The van der Waals surface area contributed by atoms with Crippen LogP contribution in [0.4, 0.5) is 0 Å². The highest BCUT2D eigenvalue weighted by atomic mass is 16.5. The fraction of sp³-hybridized carbons (Fsp3) is 0.444. The van der Waals surface area contributed by atoms with Crippen molar-refractivity contribution in [3.05, 3.63) is 64.4 Å². The van der Waals surface area contributed by atoms with E-state index in [1.54, 1.807) is 0 Å². The quantitative estimate of drug-likeness (QED) is 0.646. The topological polar surface area (TPSA) is 46.5 Å². The molecule has 1 aliphatic carbocycles. The molecule has 3 nitrogen and oxygen atoms in total. The zero-order valence-corrected chi connectivity index (χ0v) is 18.3. The number of Topliss-reactive ketones (excluding diaryl/α,β-unsaturated/α-hetero) is 1. The lowest BCUT2D eigenvalue weighted by Gasteiger charge is -2.30. The number of ether oxygens (including phenoxy) is 1. The molecule has 4 rings (SSSR count). The van der Waals surface area contributed by atoms with Crippen LogP contribution in [0.1, 0.15) is 54.4 Å². The molecule has 0 saturated carbocycles. The average molecular weight is 405 g/mol. The van der Waals surface area contributed by atoms with Crippen molar-refractivity contribution >= 4 is 11.4 Å². The summed E-state index contributed by atoms with van der Waals surface area (Å²) < 4.78 is 5.45. The van der Waals surface area contributed by atoms with Crippen LogP contribution in [0.3, 0.4) is 0 Å². The van der Waals surface area contributed by atoms with Gasteiger partial charge in [-0.1, -0.05) is 42.0 Å². The molecular formula is C27H32O3. The van der Waals surface area contributed by atoms with E-state index in [-0.39, 0.29) is 17.5 Å². The number of rotatable bonds is 4. The lowest BCUT2D eigenvalue weighted by atomic mass is 9.77. The zero-order valence-electron chi connectivity index (χ0n) is 18.3. The van der Waals surface area contributed by atoms with Crippen LogP contribution in [0.15, 0.2) is 42.2 Å². The van der Waals surface area contributed by atoms with E-state index in [0.29, 0.717) is 24.3 Å². The number of hydrogen-bond donors (Lipinski definition) is 1. The Balaban J connectivity index is 1.60. The fourth-order valence-electron chi connectivity index (χ4n) is 5.15. The first-order valence-electron chi connectivity index (χ1n) is 11.1. The van der Waals surface area contributed by atoms with E-state index in [1.165, 1.54) is 11.1 Å². The van der Waals surface area contributed by atoms with E-state index in [0.717, 1.165) is 54.7 Å². The number of ketones is 1. The molecule has 158 valence electrons. The first-order valence-corrected chi connectivity index (χ1v) is 11.1. The normalized spacial score (nSPS) is 20.6. The molecule has 1 unspecified atom stereocenters. The number of hydrogen-bond acceptors (Lipinski definition) is 3. The van der Waals surface area contributed by atoms with Crippen molar-refractivity contribution in [2.75, 3.05) is 13.2 Å². The summed E-state index contributed by atoms with van der Waals surface area (Å²) in [5, 5.41) is 10.9. The minimum atomic E-state index is 0.0881. The van der Waals surface area contributed by atoms with E-state index < -0.39 is 0 Å². The summed E-state index contributed by atoms with van der Waals surface area (Å²) in [4.78, 5) is 13.1. The van der Waals surface area contributed by atoms with Crippen molar-refractivity contribution in [3.63, 3.8) is 0 Å². The molecule has 0 radical (unpaired) electrons. The fourth-order valence-corrected chi connectivity index (χ4v) is 5.15. The van der Waals surface area contributed by atoms with Crippen LogP contribution < -0.4 is 0 Å². The Bertz CT molecular complexity index is 939. The third-order valence-corrected chi connectivity index (χ3v) is 6.70. The lowest BCUT2D eigenvalue weighted by molar-refractivity contribution is -0.115. The lowest BCUT2D eigenvalue weighted by Crippen LogP contribution is -2.24. The van der Waals surface area contributed by atoms with Gasteiger partial charge in [0, 0.05) is 26.1 Å². The number of aryl methyl sites for hydroxylation is 3. The van der Waals surface area contributed by atoms with E-state index in [1.807, 2.05) is 13.8 Å². The van der Waals surface area contributed by atoms with Gasteiger partial charge in [-0.05, 0) is 79.7 Å². The van der Waals surface area contributed by atoms with Crippen LogP contribution in [0.2, 0.25) is 0 Å². The predicted molar refractivity (Wildman–Crippen MR) is 122 cm³/mol. The van der Waals surface area contributed by atoms with E-state index in [9.17, 15) is 9.90 Å². The third-order valence-electron chi connectivity index (χ3n) is 6.70. The molecule has 1 N–H and O–H groups in total. The highest BCUT2D eigenvalue weighted by Crippen LogP contribution is 2.39. The number of benzene rings is 2. The summed E-state index contributed by atoms with van der Waals surface area (Å²) in [5.41, 5.74) is 7.10. The van der Waals surface area contributed by atoms with E-state index in [4.69, 9.17) is 4.74 Å². The van der Waals surface area contributed by atoms with Crippen molar-refractivity contribution in [3.8, 4) is 11.1 Å². The molecule has 1 atom stereocenters. The Morgan fingerprint density at radius 2 is 1.53 bits per heavy atom. The predicted octanol–water partition coefficient (Wildman–Crippen LogP) is 6.34. The molecule has 2 aromatic rings. The minimum absolute atomic E-state index is 0.0881. The van der Waals surface area contributed by atoms with Crippen LogP contribution in [-0.4, -0.2) is 24.1 Å². The van der Waals surface area contributed by atoms with Crippen molar-refractivity contribution in [2.24, 2.45) is 11.8 Å². The summed E-state index contributed by atoms with van der Waals surface area (Å²) in [5.74, 6) is 1.22. The Morgan fingerprint density at radius 3 is 2.13 bits per heavy atom. The second-order valence-electron chi connectivity index (χ2n) is 9.16. The van der Waals surface area contributed by atoms with Crippen molar-refractivity contribution in [1.29, 1.82) is 0 Å². The molecule has 0 aromatic heterocycles. The number of aliphatic hydroxyl groups is 1. The molecule has 1 saturated heterocycles. The summed E-state index contributed by atoms with van der Waals surface area (Å²) in [6.45, 7) is 7.82. The van der Waals surface area contributed by atoms with Gasteiger partial charge >= 0.3 is 0 Å². The molecule has 30 heavy (non-hydrogen) atoms.